The third-order valence-corrected chi connectivity index (χ3v) is 4.99. The predicted molar refractivity (Wildman–Crippen MR) is 98.7 cm³/mol. The van der Waals surface area contributed by atoms with Gasteiger partial charge in [-0.05, 0) is 61.0 Å². The molecule has 2 aromatic heterocycles. The largest absolute Gasteiger partial charge is 0.409 e. The Kier molecular flexibility index (Phi) is 4.65. The van der Waals surface area contributed by atoms with Gasteiger partial charge in [-0.3, -0.25) is 9.88 Å². The lowest BCUT2D eigenvalue weighted by Gasteiger charge is -2.23. The summed E-state index contributed by atoms with van der Waals surface area (Å²) in [5.74, 6) is 0.513. The average Bonchev–Trinajstić information content (AvgIpc) is 3.24. The van der Waals surface area contributed by atoms with Crippen molar-refractivity contribution < 1.29 is 4.42 Å². The number of likely N-dealkylation sites (tertiary alicyclic amines) is 1. The van der Waals surface area contributed by atoms with Gasteiger partial charge in [0.25, 0.3) is 4.84 Å². The summed E-state index contributed by atoms with van der Waals surface area (Å²) in [6, 6.07) is 11.8. The topological polar surface area (TPSA) is 47.1 Å². The zero-order valence-corrected chi connectivity index (χ0v) is 15.1. The summed E-state index contributed by atoms with van der Waals surface area (Å²) < 4.78 is 7.42. The minimum atomic E-state index is 0.339. The number of benzene rings is 1. The first kappa shape index (κ1) is 16.4. The van der Waals surface area contributed by atoms with Crippen molar-refractivity contribution in [2.24, 2.45) is 0 Å². The fraction of sp³-hybridized carbons (Fsp3) is 0.278. The van der Waals surface area contributed by atoms with E-state index in [1.54, 1.807) is 10.9 Å². The van der Waals surface area contributed by atoms with E-state index in [9.17, 15) is 0 Å². The lowest BCUT2D eigenvalue weighted by Crippen LogP contribution is -2.26. The first-order valence-electron chi connectivity index (χ1n) is 8.18. The number of hydrogen-bond donors (Lipinski definition) is 0. The summed E-state index contributed by atoms with van der Waals surface area (Å²) >= 11 is 11.3. The Labute approximate surface area is 155 Å². The van der Waals surface area contributed by atoms with E-state index in [1.807, 2.05) is 36.5 Å². The molecule has 1 saturated heterocycles. The van der Waals surface area contributed by atoms with Gasteiger partial charge >= 0.3 is 0 Å². The summed E-state index contributed by atoms with van der Waals surface area (Å²) in [7, 11) is 0. The van der Waals surface area contributed by atoms with Crippen LogP contribution in [0.3, 0.4) is 0 Å². The van der Waals surface area contributed by atoms with E-state index in [0.29, 0.717) is 28.5 Å². The van der Waals surface area contributed by atoms with Crippen LogP contribution in [0.2, 0.25) is 5.02 Å². The maximum atomic E-state index is 5.93. The number of rotatable bonds is 4. The van der Waals surface area contributed by atoms with Crippen molar-refractivity contribution >= 4 is 23.8 Å². The monoisotopic (exact) mass is 372 g/mol. The molecule has 5 nitrogen and oxygen atoms in total. The summed E-state index contributed by atoms with van der Waals surface area (Å²) in [5, 5.41) is 5.23. The highest BCUT2D eigenvalue weighted by molar-refractivity contribution is 7.71. The van der Waals surface area contributed by atoms with E-state index < -0.39 is 0 Å². The van der Waals surface area contributed by atoms with E-state index in [0.717, 1.165) is 24.9 Å². The summed E-state index contributed by atoms with van der Waals surface area (Å²) in [6.07, 6.45) is 5.99. The van der Waals surface area contributed by atoms with Gasteiger partial charge in [-0.1, -0.05) is 17.7 Å². The maximum Gasteiger partial charge on any atom is 0.288 e. The molecular formula is C18H17ClN4OS. The number of pyridine rings is 1. The Hall–Kier alpha value is -2.02. The highest BCUT2D eigenvalue weighted by Gasteiger charge is 2.27. The van der Waals surface area contributed by atoms with Gasteiger partial charge in [0.2, 0.25) is 5.89 Å². The Bertz CT molecular complexity index is 907. The van der Waals surface area contributed by atoms with Crippen LogP contribution in [-0.4, -0.2) is 26.2 Å². The number of aromatic nitrogens is 3. The van der Waals surface area contributed by atoms with Crippen molar-refractivity contribution in [2.75, 3.05) is 6.54 Å². The quantitative estimate of drug-likeness (QED) is 0.620. The van der Waals surface area contributed by atoms with Gasteiger partial charge in [0, 0.05) is 35.6 Å². The molecule has 3 heterocycles. The van der Waals surface area contributed by atoms with Crippen LogP contribution >= 0.6 is 23.8 Å². The highest BCUT2D eigenvalue weighted by Crippen LogP contribution is 2.32. The third kappa shape index (κ3) is 3.51. The van der Waals surface area contributed by atoms with Crippen molar-refractivity contribution in [2.45, 2.75) is 25.6 Å². The molecule has 1 aromatic carbocycles. The van der Waals surface area contributed by atoms with Crippen LogP contribution in [-0.2, 0) is 6.67 Å². The Balaban J connectivity index is 1.56. The molecule has 3 aromatic rings. The smallest absolute Gasteiger partial charge is 0.288 e. The summed E-state index contributed by atoms with van der Waals surface area (Å²) in [6.45, 7) is 1.61. The van der Waals surface area contributed by atoms with Crippen LogP contribution < -0.4 is 0 Å². The van der Waals surface area contributed by atoms with Crippen LogP contribution in [0.15, 0.2) is 53.2 Å². The standard InChI is InChI=1S/C18H17ClN4OS/c19-15-7-5-13(6-8-15)17-21-23(18(25)24-17)12-22-10-2-4-16(22)14-3-1-9-20-11-14/h1,3,5-9,11,16H,2,4,10,12H2. The average molecular weight is 373 g/mol. The summed E-state index contributed by atoms with van der Waals surface area (Å²) in [5.41, 5.74) is 2.09. The molecule has 0 aliphatic carbocycles. The van der Waals surface area contributed by atoms with Gasteiger partial charge < -0.3 is 4.42 Å². The first-order chi connectivity index (χ1) is 12.2. The molecule has 1 fully saturated rings. The van der Waals surface area contributed by atoms with Gasteiger partial charge in [-0.2, -0.15) is 0 Å². The lowest BCUT2D eigenvalue weighted by atomic mass is 10.1. The molecule has 0 bridgehead atoms. The second-order valence-corrected chi connectivity index (χ2v) is 6.86. The molecular weight excluding hydrogens is 356 g/mol. The van der Waals surface area contributed by atoms with Gasteiger partial charge in [-0.15, -0.1) is 5.10 Å². The molecule has 0 spiro atoms. The minimum Gasteiger partial charge on any atom is -0.409 e. The Morgan fingerprint density at radius 1 is 1.24 bits per heavy atom. The van der Waals surface area contributed by atoms with Crippen LogP contribution in [0.5, 0.6) is 0 Å². The molecule has 25 heavy (non-hydrogen) atoms. The normalized spacial score (nSPS) is 17.9. The van der Waals surface area contributed by atoms with Gasteiger partial charge in [0.15, 0.2) is 0 Å². The lowest BCUT2D eigenvalue weighted by molar-refractivity contribution is 0.187. The highest BCUT2D eigenvalue weighted by atomic mass is 35.5. The van der Waals surface area contributed by atoms with Crippen LogP contribution in [0.25, 0.3) is 11.5 Å². The molecule has 1 atom stereocenters. The fourth-order valence-electron chi connectivity index (χ4n) is 3.22. The van der Waals surface area contributed by atoms with Gasteiger partial charge in [0.05, 0.1) is 6.67 Å². The Morgan fingerprint density at radius 2 is 2.08 bits per heavy atom. The van der Waals surface area contributed by atoms with Gasteiger partial charge in [-0.25, -0.2) is 4.68 Å². The molecule has 0 radical (unpaired) electrons. The van der Waals surface area contributed by atoms with Crippen molar-refractivity contribution in [3.63, 3.8) is 0 Å². The number of nitrogens with zero attached hydrogens (tertiary/aromatic N) is 4. The SMILES string of the molecule is S=c1oc(-c2ccc(Cl)cc2)nn1CN1CCCC1c1cccnc1. The molecule has 1 unspecified atom stereocenters. The third-order valence-electron chi connectivity index (χ3n) is 4.45. The van der Waals surface area contributed by atoms with Gasteiger partial charge in [0.1, 0.15) is 0 Å². The van der Waals surface area contributed by atoms with E-state index >= 15 is 0 Å². The van der Waals surface area contributed by atoms with Crippen LogP contribution in [0.4, 0.5) is 0 Å². The van der Waals surface area contributed by atoms with E-state index in [2.05, 4.69) is 21.0 Å². The first-order valence-corrected chi connectivity index (χ1v) is 8.97. The summed E-state index contributed by atoms with van der Waals surface area (Å²) in [4.78, 5) is 6.98. The van der Waals surface area contributed by atoms with Crippen molar-refractivity contribution in [1.82, 2.24) is 19.7 Å². The zero-order valence-electron chi connectivity index (χ0n) is 13.5. The van der Waals surface area contributed by atoms with E-state index in [1.165, 1.54) is 5.56 Å². The predicted octanol–water partition coefficient (Wildman–Crippen LogP) is 4.72. The minimum absolute atomic E-state index is 0.339. The molecule has 1 aliphatic heterocycles. The molecule has 0 saturated carbocycles. The maximum absolute atomic E-state index is 5.93. The second kappa shape index (κ2) is 7.07. The molecule has 0 amide bonds. The Morgan fingerprint density at radius 3 is 2.84 bits per heavy atom. The molecule has 1 aliphatic rings. The van der Waals surface area contributed by atoms with Crippen LogP contribution in [0.1, 0.15) is 24.4 Å². The van der Waals surface area contributed by atoms with E-state index in [-0.39, 0.29) is 0 Å². The number of halogens is 1. The van der Waals surface area contributed by atoms with E-state index in [4.69, 9.17) is 28.2 Å². The molecule has 4 rings (SSSR count). The molecule has 7 heteroatoms. The van der Waals surface area contributed by atoms with Crippen molar-refractivity contribution in [3.05, 3.63) is 64.2 Å². The second-order valence-electron chi connectivity index (χ2n) is 6.08. The van der Waals surface area contributed by atoms with Crippen molar-refractivity contribution in [3.8, 4) is 11.5 Å². The molecule has 128 valence electrons. The zero-order chi connectivity index (χ0) is 17.2. The fourth-order valence-corrected chi connectivity index (χ4v) is 3.53. The molecule has 0 N–H and O–H groups in total. The van der Waals surface area contributed by atoms with Crippen molar-refractivity contribution in [1.29, 1.82) is 0 Å². The number of hydrogen-bond acceptors (Lipinski definition) is 5. The van der Waals surface area contributed by atoms with Crippen LogP contribution in [0, 0.1) is 4.84 Å².